The number of Topliss-reactive ketones (excluding diaryl/α,β-unsaturated/α-hetero) is 1. The third-order valence-electron chi connectivity index (χ3n) is 2.87. The lowest BCUT2D eigenvalue weighted by Crippen LogP contribution is -2.31. The van der Waals surface area contributed by atoms with Gasteiger partial charge >= 0.3 is 0 Å². The van der Waals surface area contributed by atoms with Gasteiger partial charge in [-0.25, -0.2) is 13.1 Å². The second-order valence-electron chi connectivity index (χ2n) is 4.69. The summed E-state index contributed by atoms with van der Waals surface area (Å²) in [5.74, 6) is -0.296. The molecule has 0 amide bonds. The first-order valence-corrected chi connectivity index (χ1v) is 7.32. The number of sulfonamides is 1. The summed E-state index contributed by atoms with van der Waals surface area (Å²) in [6.07, 6.45) is 0. The zero-order valence-electron chi connectivity index (χ0n) is 11.1. The molecule has 0 aromatic heterocycles. The van der Waals surface area contributed by atoms with Crippen molar-refractivity contribution in [3.05, 3.63) is 29.3 Å². The molecular formula is C13H19NO3S. The fourth-order valence-electron chi connectivity index (χ4n) is 1.33. The topological polar surface area (TPSA) is 63.2 Å². The van der Waals surface area contributed by atoms with Crippen LogP contribution >= 0.6 is 0 Å². The number of rotatable bonds is 5. The van der Waals surface area contributed by atoms with Crippen LogP contribution < -0.4 is 4.72 Å². The standard InChI is InChI=1S/C13H19NO3S/c1-9(2)13(15)8-14-18(16,17)12-6-5-10(3)11(4)7-12/h5-7,9,14H,8H2,1-4H3. The summed E-state index contributed by atoms with van der Waals surface area (Å²) in [7, 11) is -3.60. The Hall–Kier alpha value is -1.20. The lowest BCUT2D eigenvalue weighted by Gasteiger charge is -2.09. The molecule has 0 bridgehead atoms. The smallest absolute Gasteiger partial charge is 0.240 e. The highest BCUT2D eigenvalue weighted by atomic mass is 32.2. The van der Waals surface area contributed by atoms with Crippen LogP contribution in [0.5, 0.6) is 0 Å². The van der Waals surface area contributed by atoms with Gasteiger partial charge in [-0.3, -0.25) is 4.79 Å². The van der Waals surface area contributed by atoms with Crippen LogP contribution in [0.3, 0.4) is 0 Å². The summed E-state index contributed by atoms with van der Waals surface area (Å²) in [6, 6.07) is 4.91. The van der Waals surface area contributed by atoms with Gasteiger partial charge in [0.15, 0.2) is 0 Å². The van der Waals surface area contributed by atoms with Crippen LogP contribution in [0.2, 0.25) is 0 Å². The molecule has 1 aromatic rings. The zero-order valence-corrected chi connectivity index (χ0v) is 12.0. The molecule has 5 heteroatoms. The van der Waals surface area contributed by atoms with Crippen LogP contribution in [0.1, 0.15) is 25.0 Å². The fourth-order valence-corrected chi connectivity index (χ4v) is 2.41. The number of nitrogens with one attached hydrogen (secondary N) is 1. The number of carbonyl (C=O) groups excluding carboxylic acids is 1. The van der Waals surface area contributed by atoms with Crippen molar-refractivity contribution in [3.8, 4) is 0 Å². The van der Waals surface area contributed by atoms with Crippen molar-refractivity contribution < 1.29 is 13.2 Å². The summed E-state index contributed by atoms with van der Waals surface area (Å²) in [5, 5.41) is 0. The Labute approximate surface area is 108 Å². The van der Waals surface area contributed by atoms with Gasteiger partial charge in [0.1, 0.15) is 5.78 Å². The summed E-state index contributed by atoms with van der Waals surface area (Å²) >= 11 is 0. The Morgan fingerprint density at radius 1 is 1.22 bits per heavy atom. The predicted octanol–water partition coefficient (Wildman–Crippen LogP) is 1.81. The van der Waals surface area contributed by atoms with Crippen molar-refractivity contribution in [3.63, 3.8) is 0 Å². The van der Waals surface area contributed by atoms with E-state index in [0.29, 0.717) is 0 Å². The molecule has 0 spiro atoms. The maximum Gasteiger partial charge on any atom is 0.240 e. The number of hydrogen-bond donors (Lipinski definition) is 1. The normalized spacial score (nSPS) is 11.8. The molecule has 1 N–H and O–H groups in total. The van der Waals surface area contributed by atoms with E-state index in [-0.39, 0.29) is 23.1 Å². The van der Waals surface area contributed by atoms with Crippen LogP contribution in [0.4, 0.5) is 0 Å². The van der Waals surface area contributed by atoms with Crippen molar-refractivity contribution in [2.75, 3.05) is 6.54 Å². The second kappa shape index (κ2) is 5.63. The Kier molecular flexibility index (Phi) is 4.65. The molecule has 0 fully saturated rings. The van der Waals surface area contributed by atoms with Gasteiger partial charge < -0.3 is 0 Å². The first-order valence-electron chi connectivity index (χ1n) is 5.83. The minimum atomic E-state index is -3.60. The molecule has 0 unspecified atom stereocenters. The Bertz CT molecular complexity index is 547. The largest absolute Gasteiger partial charge is 0.298 e. The average molecular weight is 269 g/mol. The molecule has 0 saturated carbocycles. The Morgan fingerprint density at radius 3 is 2.33 bits per heavy atom. The van der Waals surface area contributed by atoms with E-state index in [0.717, 1.165) is 11.1 Å². The molecule has 18 heavy (non-hydrogen) atoms. The predicted molar refractivity (Wildman–Crippen MR) is 70.9 cm³/mol. The molecule has 0 aliphatic rings. The van der Waals surface area contributed by atoms with E-state index < -0.39 is 10.0 Å². The second-order valence-corrected chi connectivity index (χ2v) is 6.46. The van der Waals surface area contributed by atoms with Gasteiger partial charge in [0.05, 0.1) is 11.4 Å². The highest BCUT2D eigenvalue weighted by Crippen LogP contribution is 2.14. The van der Waals surface area contributed by atoms with E-state index in [2.05, 4.69) is 4.72 Å². The average Bonchev–Trinajstić information content (AvgIpc) is 2.29. The number of ketones is 1. The summed E-state index contributed by atoms with van der Waals surface area (Å²) in [4.78, 5) is 11.6. The molecule has 4 nitrogen and oxygen atoms in total. The first-order chi connectivity index (χ1) is 8.24. The first kappa shape index (κ1) is 14.9. The molecule has 0 aliphatic heterocycles. The van der Waals surface area contributed by atoms with E-state index in [9.17, 15) is 13.2 Å². The number of aryl methyl sites for hydroxylation is 2. The molecule has 0 atom stereocenters. The Morgan fingerprint density at radius 2 is 1.83 bits per heavy atom. The van der Waals surface area contributed by atoms with Crippen molar-refractivity contribution in [1.29, 1.82) is 0 Å². The molecule has 0 aliphatic carbocycles. The summed E-state index contributed by atoms with van der Waals surface area (Å²) in [6.45, 7) is 7.10. The summed E-state index contributed by atoms with van der Waals surface area (Å²) in [5.41, 5.74) is 1.94. The third-order valence-corrected chi connectivity index (χ3v) is 4.27. The van der Waals surface area contributed by atoms with Crippen molar-refractivity contribution in [2.24, 2.45) is 5.92 Å². The quantitative estimate of drug-likeness (QED) is 0.886. The van der Waals surface area contributed by atoms with Crippen molar-refractivity contribution in [2.45, 2.75) is 32.6 Å². The van der Waals surface area contributed by atoms with Gasteiger partial charge in [-0.1, -0.05) is 19.9 Å². The van der Waals surface area contributed by atoms with E-state index in [1.54, 1.807) is 32.0 Å². The highest BCUT2D eigenvalue weighted by molar-refractivity contribution is 7.89. The van der Waals surface area contributed by atoms with Gasteiger partial charge in [0, 0.05) is 5.92 Å². The van der Waals surface area contributed by atoms with Gasteiger partial charge in [-0.15, -0.1) is 0 Å². The highest BCUT2D eigenvalue weighted by Gasteiger charge is 2.17. The lowest BCUT2D eigenvalue weighted by atomic mass is 10.1. The van der Waals surface area contributed by atoms with Crippen LogP contribution in [0.15, 0.2) is 23.1 Å². The van der Waals surface area contributed by atoms with E-state index in [1.165, 1.54) is 0 Å². The monoisotopic (exact) mass is 269 g/mol. The minimum Gasteiger partial charge on any atom is -0.298 e. The molecule has 0 radical (unpaired) electrons. The van der Waals surface area contributed by atoms with Crippen LogP contribution in [0.25, 0.3) is 0 Å². The lowest BCUT2D eigenvalue weighted by molar-refractivity contribution is -0.120. The van der Waals surface area contributed by atoms with Crippen molar-refractivity contribution >= 4 is 15.8 Å². The van der Waals surface area contributed by atoms with Crippen LogP contribution in [0, 0.1) is 19.8 Å². The van der Waals surface area contributed by atoms with Crippen molar-refractivity contribution in [1.82, 2.24) is 4.72 Å². The van der Waals surface area contributed by atoms with E-state index in [1.807, 2.05) is 13.8 Å². The number of hydrogen-bond acceptors (Lipinski definition) is 3. The zero-order chi connectivity index (χ0) is 13.9. The maximum absolute atomic E-state index is 12.0. The van der Waals surface area contributed by atoms with Gasteiger partial charge in [-0.2, -0.15) is 0 Å². The number of benzene rings is 1. The molecular weight excluding hydrogens is 250 g/mol. The molecule has 100 valence electrons. The van der Waals surface area contributed by atoms with Gasteiger partial charge in [0.2, 0.25) is 10.0 Å². The van der Waals surface area contributed by atoms with Gasteiger partial charge in [0.25, 0.3) is 0 Å². The van der Waals surface area contributed by atoms with E-state index in [4.69, 9.17) is 0 Å². The molecule has 1 rings (SSSR count). The summed E-state index contributed by atoms with van der Waals surface area (Å²) < 4.78 is 26.2. The third kappa shape index (κ3) is 3.65. The van der Waals surface area contributed by atoms with E-state index >= 15 is 0 Å². The fraction of sp³-hybridized carbons (Fsp3) is 0.462. The van der Waals surface area contributed by atoms with Gasteiger partial charge in [-0.05, 0) is 37.1 Å². The van der Waals surface area contributed by atoms with Crippen LogP contribution in [-0.2, 0) is 14.8 Å². The maximum atomic E-state index is 12.0. The number of carbonyl (C=O) groups is 1. The molecule has 1 aromatic carbocycles. The molecule has 0 heterocycles. The Balaban J connectivity index is 2.87. The van der Waals surface area contributed by atoms with Crippen LogP contribution in [-0.4, -0.2) is 20.7 Å². The minimum absolute atomic E-state index is 0.123. The SMILES string of the molecule is Cc1ccc(S(=O)(=O)NCC(=O)C(C)C)cc1C. The molecule has 0 saturated heterocycles.